The summed E-state index contributed by atoms with van der Waals surface area (Å²) in [5.41, 5.74) is 11.4. The van der Waals surface area contributed by atoms with Crippen LogP contribution in [0.4, 0.5) is 10.2 Å². The molecule has 2 rings (SSSR count). The highest BCUT2D eigenvalue weighted by atomic mass is 19.1. The van der Waals surface area contributed by atoms with E-state index in [1.807, 2.05) is 0 Å². The Balaban J connectivity index is 2.24. The molecule has 0 saturated heterocycles. The first-order valence-electron chi connectivity index (χ1n) is 4.81. The van der Waals surface area contributed by atoms with Gasteiger partial charge in [0.05, 0.1) is 6.54 Å². The maximum Gasteiger partial charge on any atom is 0.273 e. The standard InChI is InChI=1S/C10H10FN5O/c11-7-3-1-6(2-4-7)5-16-9(12)8(10(13)17)14-15-16/h1-4H,5,12H2,(H2,13,17). The van der Waals surface area contributed by atoms with E-state index in [9.17, 15) is 9.18 Å². The van der Waals surface area contributed by atoms with Crippen molar-refractivity contribution in [2.24, 2.45) is 5.73 Å². The van der Waals surface area contributed by atoms with Gasteiger partial charge in [-0.1, -0.05) is 17.3 Å². The Labute approximate surface area is 96.0 Å². The van der Waals surface area contributed by atoms with Gasteiger partial charge in [0.25, 0.3) is 5.91 Å². The molecule has 0 aliphatic heterocycles. The van der Waals surface area contributed by atoms with Crippen molar-refractivity contribution in [1.29, 1.82) is 0 Å². The molecule has 17 heavy (non-hydrogen) atoms. The van der Waals surface area contributed by atoms with Gasteiger partial charge in [-0.15, -0.1) is 5.10 Å². The Hall–Kier alpha value is -2.44. The molecule has 0 radical (unpaired) electrons. The van der Waals surface area contributed by atoms with E-state index in [-0.39, 0.29) is 17.3 Å². The quantitative estimate of drug-likeness (QED) is 0.790. The minimum absolute atomic E-state index is 0.0629. The van der Waals surface area contributed by atoms with Crippen molar-refractivity contribution < 1.29 is 9.18 Å². The summed E-state index contributed by atoms with van der Waals surface area (Å²) in [5, 5.41) is 7.27. The molecule has 1 aromatic heterocycles. The van der Waals surface area contributed by atoms with Gasteiger partial charge in [0, 0.05) is 0 Å². The molecule has 1 aromatic carbocycles. The molecule has 7 heteroatoms. The van der Waals surface area contributed by atoms with Gasteiger partial charge in [-0.25, -0.2) is 9.07 Å². The Kier molecular flexibility index (Phi) is 2.73. The molecule has 1 heterocycles. The summed E-state index contributed by atoms with van der Waals surface area (Å²) in [6.45, 7) is 0.298. The fraction of sp³-hybridized carbons (Fsp3) is 0.100. The number of primary amides is 1. The predicted molar refractivity (Wildman–Crippen MR) is 58.5 cm³/mol. The molecule has 0 aliphatic rings. The zero-order chi connectivity index (χ0) is 12.4. The number of nitrogens with two attached hydrogens (primary N) is 2. The van der Waals surface area contributed by atoms with Crippen LogP contribution in [0.1, 0.15) is 16.1 Å². The topological polar surface area (TPSA) is 99.8 Å². The maximum atomic E-state index is 12.7. The largest absolute Gasteiger partial charge is 0.382 e. The number of rotatable bonds is 3. The number of anilines is 1. The van der Waals surface area contributed by atoms with Gasteiger partial charge >= 0.3 is 0 Å². The monoisotopic (exact) mass is 235 g/mol. The lowest BCUT2D eigenvalue weighted by Crippen LogP contribution is -2.14. The first-order valence-corrected chi connectivity index (χ1v) is 4.81. The Morgan fingerprint density at radius 2 is 2.00 bits per heavy atom. The second-order valence-electron chi connectivity index (χ2n) is 3.47. The van der Waals surface area contributed by atoms with E-state index in [2.05, 4.69) is 10.3 Å². The first-order chi connectivity index (χ1) is 8.08. The number of amides is 1. The average molecular weight is 235 g/mol. The van der Waals surface area contributed by atoms with Crippen molar-refractivity contribution in [3.8, 4) is 0 Å². The third kappa shape index (κ3) is 2.22. The molecule has 6 nitrogen and oxygen atoms in total. The molecule has 88 valence electrons. The molecule has 0 spiro atoms. The summed E-state index contributed by atoms with van der Waals surface area (Å²) in [6, 6.07) is 5.86. The summed E-state index contributed by atoms with van der Waals surface area (Å²) in [7, 11) is 0. The molecule has 0 bridgehead atoms. The van der Waals surface area contributed by atoms with Crippen LogP contribution in [0.2, 0.25) is 0 Å². The molecular weight excluding hydrogens is 225 g/mol. The zero-order valence-corrected chi connectivity index (χ0v) is 8.80. The molecule has 0 saturated carbocycles. The molecule has 2 aromatic rings. The number of nitrogen functional groups attached to an aromatic ring is 1. The number of hydrogen-bond acceptors (Lipinski definition) is 4. The van der Waals surface area contributed by atoms with Crippen LogP contribution >= 0.6 is 0 Å². The van der Waals surface area contributed by atoms with Gasteiger partial charge in [0.1, 0.15) is 5.82 Å². The molecule has 0 atom stereocenters. The van der Waals surface area contributed by atoms with Crippen LogP contribution in [0, 0.1) is 5.82 Å². The lowest BCUT2D eigenvalue weighted by molar-refractivity contribution is 0.0996. The molecule has 0 aliphatic carbocycles. The summed E-state index contributed by atoms with van der Waals surface area (Å²) < 4.78 is 14.0. The van der Waals surface area contributed by atoms with Gasteiger partial charge in [0.15, 0.2) is 11.5 Å². The third-order valence-electron chi connectivity index (χ3n) is 2.25. The van der Waals surface area contributed by atoms with Crippen molar-refractivity contribution in [2.75, 3.05) is 5.73 Å². The minimum atomic E-state index is -0.729. The van der Waals surface area contributed by atoms with Crippen LogP contribution in [0.15, 0.2) is 24.3 Å². The van der Waals surface area contributed by atoms with E-state index in [1.165, 1.54) is 16.8 Å². The van der Waals surface area contributed by atoms with Gasteiger partial charge in [0.2, 0.25) is 0 Å². The number of benzene rings is 1. The Morgan fingerprint density at radius 1 is 1.35 bits per heavy atom. The van der Waals surface area contributed by atoms with Gasteiger partial charge in [-0.2, -0.15) is 0 Å². The van der Waals surface area contributed by atoms with E-state index in [0.29, 0.717) is 6.54 Å². The van der Waals surface area contributed by atoms with E-state index < -0.39 is 5.91 Å². The number of carbonyl (C=O) groups excluding carboxylic acids is 1. The third-order valence-corrected chi connectivity index (χ3v) is 2.25. The molecule has 4 N–H and O–H groups in total. The number of carbonyl (C=O) groups is 1. The van der Waals surface area contributed by atoms with E-state index >= 15 is 0 Å². The SMILES string of the molecule is NC(=O)c1nnn(Cc2ccc(F)cc2)c1N. The second kappa shape index (κ2) is 4.20. The minimum Gasteiger partial charge on any atom is -0.382 e. The molecule has 0 fully saturated rings. The van der Waals surface area contributed by atoms with Crippen LogP contribution in [0.5, 0.6) is 0 Å². The highest BCUT2D eigenvalue weighted by molar-refractivity contribution is 5.94. The zero-order valence-electron chi connectivity index (χ0n) is 8.80. The van der Waals surface area contributed by atoms with Crippen LogP contribution in [0.25, 0.3) is 0 Å². The summed E-state index contributed by atoms with van der Waals surface area (Å²) in [6.07, 6.45) is 0. The van der Waals surface area contributed by atoms with Gasteiger partial charge in [-0.3, -0.25) is 4.79 Å². The first kappa shape index (κ1) is 11.1. The molecule has 0 unspecified atom stereocenters. The Bertz CT molecular complexity index is 548. The van der Waals surface area contributed by atoms with E-state index in [4.69, 9.17) is 11.5 Å². The van der Waals surface area contributed by atoms with E-state index in [0.717, 1.165) is 5.56 Å². The normalized spacial score (nSPS) is 10.4. The fourth-order valence-corrected chi connectivity index (χ4v) is 1.38. The van der Waals surface area contributed by atoms with Crippen molar-refractivity contribution >= 4 is 11.7 Å². The summed E-state index contributed by atoms with van der Waals surface area (Å²) >= 11 is 0. The van der Waals surface area contributed by atoms with Crippen molar-refractivity contribution in [3.63, 3.8) is 0 Å². The highest BCUT2D eigenvalue weighted by Crippen LogP contribution is 2.10. The average Bonchev–Trinajstić information content (AvgIpc) is 2.64. The summed E-state index contributed by atoms with van der Waals surface area (Å²) in [5.74, 6) is -0.951. The second-order valence-corrected chi connectivity index (χ2v) is 3.47. The van der Waals surface area contributed by atoms with Crippen LogP contribution in [-0.4, -0.2) is 20.9 Å². The van der Waals surface area contributed by atoms with Crippen LogP contribution in [0.3, 0.4) is 0 Å². The Morgan fingerprint density at radius 3 is 2.53 bits per heavy atom. The lowest BCUT2D eigenvalue weighted by Gasteiger charge is -2.03. The van der Waals surface area contributed by atoms with Crippen LogP contribution < -0.4 is 11.5 Å². The predicted octanol–water partition coefficient (Wildman–Crippen LogP) is 0.147. The van der Waals surface area contributed by atoms with E-state index in [1.54, 1.807) is 12.1 Å². The van der Waals surface area contributed by atoms with Gasteiger partial charge in [-0.05, 0) is 17.7 Å². The van der Waals surface area contributed by atoms with Gasteiger partial charge < -0.3 is 11.5 Å². The molecule has 1 amide bonds. The number of halogens is 1. The highest BCUT2D eigenvalue weighted by Gasteiger charge is 2.14. The van der Waals surface area contributed by atoms with Crippen molar-refractivity contribution in [1.82, 2.24) is 15.0 Å². The number of hydrogen-bond donors (Lipinski definition) is 2. The number of nitrogens with zero attached hydrogens (tertiary/aromatic N) is 3. The van der Waals surface area contributed by atoms with Crippen LogP contribution in [-0.2, 0) is 6.54 Å². The summed E-state index contributed by atoms with van der Waals surface area (Å²) in [4.78, 5) is 10.9. The van der Waals surface area contributed by atoms with Crippen molar-refractivity contribution in [2.45, 2.75) is 6.54 Å². The maximum absolute atomic E-state index is 12.7. The molecular formula is C10H10FN5O. The lowest BCUT2D eigenvalue weighted by atomic mass is 10.2. The smallest absolute Gasteiger partial charge is 0.273 e. The number of aromatic nitrogens is 3. The van der Waals surface area contributed by atoms with Crippen molar-refractivity contribution in [3.05, 3.63) is 41.3 Å². The fourth-order valence-electron chi connectivity index (χ4n) is 1.38.